The van der Waals surface area contributed by atoms with Crippen molar-refractivity contribution in [3.63, 3.8) is 0 Å². The molecule has 1 aromatic carbocycles. The molecule has 3 aromatic rings. The van der Waals surface area contributed by atoms with Crippen molar-refractivity contribution in [2.45, 2.75) is 13.8 Å². The zero-order valence-corrected chi connectivity index (χ0v) is 10.9. The fraction of sp³-hybridized carbons (Fsp3) is 0.214. The molecule has 0 saturated heterocycles. The Kier molecular flexibility index (Phi) is 2.87. The molecule has 0 fully saturated rings. The number of nitrogens with zero attached hydrogens (tertiary/aromatic N) is 4. The van der Waals surface area contributed by atoms with Gasteiger partial charge in [0.25, 0.3) is 5.78 Å². The summed E-state index contributed by atoms with van der Waals surface area (Å²) >= 11 is 0. The lowest BCUT2D eigenvalue weighted by atomic mass is 10.1. The third-order valence-electron chi connectivity index (χ3n) is 2.81. The Morgan fingerprint density at radius 3 is 2.89 bits per heavy atom. The zero-order chi connectivity index (χ0) is 13.2. The number of aryl methyl sites for hydroxylation is 1. The molecule has 3 rings (SSSR count). The van der Waals surface area contributed by atoms with Gasteiger partial charge >= 0.3 is 0 Å². The monoisotopic (exact) mass is 254 g/mol. The highest BCUT2D eigenvalue weighted by atomic mass is 16.5. The summed E-state index contributed by atoms with van der Waals surface area (Å²) in [6, 6.07) is 9.82. The largest absolute Gasteiger partial charge is 0.493 e. The summed E-state index contributed by atoms with van der Waals surface area (Å²) in [7, 11) is 0. The van der Waals surface area contributed by atoms with Crippen molar-refractivity contribution >= 4 is 5.78 Å². The van der Waals surface area contributed by atoms with Gasteiger partial charge in [-0.1, -0.05) is 12.1 Å². The van der Waals surface area contributed by atoms with E-state index in [2.05, 4.69) is 15.1 Å². The molecule has 0 aliphatic rings. The van der Waals surface area contributed by atoms with E-state index in [0.29, 0.717) is 18.2 Å². The van der Waals surface area contributed by atoms with Crippen LogP contribution in [0.15, 0.2) is 36.5 Å². The molecule has 0 spiro atoms. The first-order chi connectivity index (χ1) is 9.29. The van der Waals surface area contributed by atoms with Crippen LogP contribution in [0.3, 0.4) is 0 Å². The van der Waals surface area contributed by atoms with Crippen molar-refractivity contribution in [1.29, 1.82) is 0 Å². The third-order valence-corrected chi connectivity index (χ3v) is 2.81. The Morgan fingerprint density at radius 1 is 1.21 bits per heavy atom. The topological polar surface area (TPSA) is 52.3 Å². The number of para-hydroxylation sites is 1. The Labute approximate surface area is 110 Å². The van der Waals surface area contributed by atoms with Crippen LogP contribution in [0, 0.1) is 6.92 Å². The molecule has 96 valence electrons. The zero-order valence-electron chi connectivity index (χ0n) is 10.9. The number of ether oxygens (including phenoxy) is 1. The van der Waals surface area contributed by atoms with Crippen LogP contribution in [0.2, 0.25) is 0 Å². The lowest BCUT2D eigenvalue weighted by Gasteiger charge is -2.10. The molecular weight excluding hydrogens is 240 g/mol. The van der Waals surface area contributed by atoms with Gasteiger partial charge < -0.3 is 4.74 Å². The highest BCUT2D eigenvalue weighted by molar-refractivity contribution is 5.68. The minimum absolute atomic E-state index is 0.598. The van der Waals surface area contributed by atoms with Crippen molar-refractivity contribution in [2.75, 3.05) is 6.61 Å². The van der Waals surface area contributed by atoms with Crippen molar-refractivity contribution in [3.8, 4) is 17.0 Å². The molecule has 2 heterocycles. The van der Waals surface area contributed by atoms with Gasteiger partial charge in [0.2, 0.25) is 0 Å². The highest BCUT2D eigenvalue weighted by Gasteiger charge is 2.11. The molecule has 0 saturated carbocycles. The van der Waals surface area contributed by atoms with E-state index < -0.39 is 0 Å². The van der Waals surface area contributed by atoms with Gasteiger partial charge in [-0.25, -0.2) is 4.98 Å². The number of aromatic nitrogens is 4. The number of fused-ring (bicyclic) bond motifs is 1. The Bertz CT molecular complexity index is 720. The van der Waals surface area contributed by atoms with Gasteiger partial charge in [-0.15, -0.1) is 5.10 Å². The number of rotatable bonds is 3. The maximum absolute atomic E-state index is 5.67. The van der Waals surface area contributed by atoms with Crippen LogP contribution in [0.25, 0.3) is 17.0 Å². The smallest absolute Gasteiger partial charge is 0.252 e. The Balaban J connectivity index is 2.24. The summed E-state index contributed by atoms with van der Waals surface area (Å²) in [4.78, 5) is 8.49. The van der Waals surface area contributed by atoms with Gasteiger partial charge in [0, 0.05) is 11.8 Å². The van der Waals surface area contributed by atoms with Crippen LogP contribution >= 0.6 is 0 Å². The standard InChI is InChI=1S/C14H14N4O/c1-3-19-13-7-5-4-6-11(13)12-8-9-15-14-16-10(2)17-18(12)14/h4-9H,3H2,1-2H3. The van der Waals surface area contributed by atoms with Gasteiger partial charge in [0.15, 0.2) is 0 Å². The van der Waals surface area contributed by atoms with Crippen molar-refractivity contribution < 1.29 is 4.74 Å². The molecule has 0 atom stereocenters. The second-order valence-corrected chi connectivity index (χ2v) is 4.13. The van der Waals surface area contributed by atoms with E-state index >= 15 is 0 Å². The Hall–Kier alpha value is -2.43. The average molecular weight is 254 g/mol. The van der Waals surface area contributed by atoms with Crippen LogP contribution < -0.4 is 4.74 Å². The highest BCUT2D eigenvalue weighted by Crippen LogP contribution is 2.29. The first-order valence-corrected chi connectivity index (χ1v) is 6.20. The summed E-state index contributed by atoms with van der Waals surface area (Å²) < 4.78 is 7.41. The average Bonchev–Trinajstić information content (AvgIpc) is 2.80. The van der Waals surface area contributed by atoms with Gasteiger partial charge in [-0.05, 0) is 32.0 Å². The number of benzene rings is 1. The molecule has 0 bridgehead atoms. The van der Waals surface area contributed by atoms with Gasteiger partial charge in [0.1, 0.15) is 11.6 Å². The van der Waals surface area contributed by atoms with Crippen LogP contribution in [-0.4, -0.2) is 26.2 Å². The number of hydrogen-bond donors (Lipinski definition) is 0. The minimum Gasteiger partial charge on any atom is -0.493 e. The summed E-state index contributed by atoms with van der Waals surface area (Å²) in [5, 5.41) is 4.38. The maximum atomic E-state index is 5.67. The first kappa shape index (κ1) is 11.6. The van der Waals surface area contributed by atoms with Gasteiger partial charge in [-0.3, -0.25) is 0 Å². The second kappa shape index (κ2) is 4.68. The molecule has 0 radical (unpaired) electrons. The molecule has 0 aliphatic heterocycles. The molecule has 0 amide bonds. The van der Waals surface area contributed by atoms with Crippen molar-refractivity contribution in [3.05, 3.63) is 42.4 Å². The quantitative estimate of drug-likeness (QED) is 0.720. The van der Waals surface area contributed by atoms with Crippen molar-refractivity contribution in [1.82, 2.24) is 19.6 Å². The van der Waals surface area contributed by atoms with E-state index in [0.717, 1.165) is 17.0 Å². The SMILES string of the molecule is CCOc1ccccc1-c1ccnc2nc(C)nn12. The third kappa shape index (κ3) is 2.03. The fourth-order valence-electron chi connectivity index (χ4n) is 2.06. The number of hydrogen-bond acceptors (Lipinski definition) is 4. The summed E-state index contributed by atoms with van der Waals surface area (Å²) in [6.07, 6.45) is 1.74. The molecular formula is C14H14N4O. The first-order valence-electron chi connectivity index (χ1n) is 6.20. The van der Waals surface area contributed by atoms with E-state index in [1.165, 1.54) is 0 Å². The summed E-state index contributed by atoms with van der Waals surface area (Å²) in [5.41, 5.74) is 1.91. The van der Waals surface area contributed by atoms with Gasteiger partial charge in [0.05, 0.1) is 12.3 Å². The molecule has 0 aliphatic carbocycles. The van der Waals surface area contributed by atoms with Crippen LogP contribution in [0.1, 0.15) is 12.7 Å². The van der Waals surface area contributed by atoms with Crippen LogP contribution in [-0.2, 0) is 0 Å². The fourth-order valence-corrected chi connectivity index (χ4v) is 2.06. The van der Waals surface area contributed by atoms with Crippen LogP contribution in [0.5, 0.6) is 5.75 Å². The summed E-state index contributed by atoms with van der Waals surface area (Å²) in [6.45, 7) is 4.45. The maximum Gasteiger partial charge on any atom is 0.252 e. The molecule has 5 heteroatoms. The van der Waals surface area contributed by atoms with E-state index in [1.54, 1.807) is 10.7 Å². The predicted octanol–water partition coefficient (Wildman–Crippen LogP) is 2.50. The van der Waals surface area contributed by atoms with E-state index in [1.807, 2.05) is 44.2 Å². The molecule has 0 N–H and O–H groups in total. The van der Waals surface area contributed by atoms with E-state index in [4.69, 9.17) is 4.74 Å². The minimum atomic E-state index is 0.598. The predicted molar refractivity (Wildman–Crippen MR) is 72.1 cm³/mol. The molecule has 0 unspecified atom stereocenters. The normalized spacial score (nSPS) is 10.8. The van der Waals surface area contributed by atoms with Crippen molar-refractivity contribution in [2.24, 2.45) is 0 Å². The van der Waals surface area contributed by atoms with E-state index in [-0.39, 0.29) is 0 Å². The van der Waals surface area contributed by atoms with Crippen LogP contribution in [0.4, 0.5) is 0 Å². The molecule has 5 nitrogen and oxygen atoms in total. The molecule has 19 heavy (non-hydrogen) atoms. The van der Waals surface area contributed by atoms with Gasteiger partial charge in [-0.2, -0.15) is 9.50 Å². The van der Waals surface area contributed by atoms with E-state index in [9.17, 15) is 0 Å². The summed E-state index contributed by atoms with van der Waals surface area (Å²) in [5.74, 6) is 2.14. The lowest BCUT2D eigenvalue weighted by molar-refractivity contribution is 0.341. The molecule has 2 aromatic heterocycles. The second-order valence-electron chi connectivity index (χ2n) is 4.13. The lowest BCUT2D eigenvalue weighted by Crippen LogP contribution is -1.99. The Morgan fingerprint density at radius 2 is 2.05 bits per heavy atom.